The van der Waals surface area contributed by atoms with Crippen LogP contribution in [0.25, 0.3) is 11.1 Å². The van der Waals surface area contributed by atoms with E-state index in [1.165, 1.54) is 42.6 Å². The Hall–Kier alpha value is -3.45. The van der Waals surface area contributed by atoms with Crippen molar-refractivity contribution < 1.29 is 9.53 Å². The molecule has 0 atom stereocenters. The monoisotopic (exact) mass is 485 g/mol. The van der Waals surface area contributed by atoms with E-state index in [4.69, 9.17) is 10.5 Å². The van der Waals surface area contributed by atoms with Crippen molar-refractivity contribution in [3.63, 3.8) is 0 Å². The standard InChI is InChI=1S/C29H35N5O2/c1-2-3-15-36-29-31-27(30)26-17-25(35)20-34(28(26)32-29)19-21-9-11-23(12-10-21)24-8-6-7-22(16-24)18-33-13-4-5-14-33/h6-12,16H,2-5,13-15,17-20H2,1H3,(H2,30,31,32). The molecule has 2 N–H and O–H groups in total. The number of hydrogen-bond donors (Lipinski definition) is 1. The van der Waals surface area contributed by atoms with Crippen LogP contribution in [0.4, 0.5) is 11.6 Å². The Labute approximate surface area is 213 Å². The normalized spacial score (nSPS) is 15.8. The number of nitrogens with zero attached hydrogens (tertiary/aromatic N) is 4. The molecule has 2 aliphatic heterocycles. The van der Waals surface area contributed by atoms with Crippen LogP contribution in [0, 0.1) is 0 Å². The van der Waals surface area contributed by atoms with Gasteiger partial charge in [-0.1, -0.05) is 55.8 Å². The molecular formula is C29H35N5O2. The number of carbonyl (C=O) groups excluding carboxylic acids is 1. The lowest BCUT2D eigenvalue weighted by molar-refractivity contribution is -0.117. The number of likely N-dealkylation sites (tertiary alicyclic amines) is 1. The highest BCUT2D eigenvalue weighted by atomic mass is 16.5. The minimum Gasteiger partial charge on any atom is -0.463 e. The zero-order valence-corrected chi connectivity index (χ0v) is 21.1. The first-order valence-electron chi connectivity index (χ1n) is 13.1. The van der Waals surface area contributed by atoms with Crippen molar-refractivity contribution in [3.05, 3.63) is 65.2 Å². The van der Waals surface area contributed by atoms with Gasteiger partial charge in [-0.05, 0) is 60.7 Å². The van der Waals surface area contributed by atoms with Gasteiger partial charge in [-0.3, -0.25) is 9.69 Å². The van der Waals surface area contributed by atoms with Gasteiger partial charge in [0.2, 0.25) is 0 Å². The van der Waals surface area contributed by atoms with Crippen LogP contribution in [0.15, 0.2) is 48.5 Å². The number of nitrogen functional groups attached to an aromatic ring is 1. The molecule has 7 nitrogen and oxygen atoms in total. The number of anilines is 2. The molecule has 1 saturated heterocycles. The summed E-state index contributed by atoms with van der Waals surface area (Å²) < 4.78 is 5.72. The number of fused-ring (bicyclic) bond motifs is 1. The molecule has 1 fully saturated rings. The van der Waals surface area contributed by atoms with Crippen molar-refractivity contribution in [2.45, 2.75) is 52.1 Å². The lowest BCUT2D eigenvalue weighted by atomic mass is 10.0. The maximum atomic E-state index is 12.5. The van der Waals surface area contributed by atoms with Gasteiger partial charge >= 0.3 is 6.01 Å². The van der Waals surface area contributed by atoms with Crippen molar-refractivity contribution in [1.29, 1.82) is 0 Å². The highest BCUT2D eigenvalue weighted by Crippen LogP contribution is 2.31. The fraction of sp³-hybridized carbons (Fsp3) is 0.414. The van der Waals surface area contributed by atoms with Crippen molar-refractivity contribution in [2.24, 2.45) is 0 Å². The fourth-order valence-corrected chi connectivity index (χ4v) is 5.01. The summed E-state index contributed by atoms with van der Waals surface area (Å²) in [5.41, 5.74) is 11.8. The molecule has 3 heterocycles. The molecule has 0 saturated carbocycles. The highest BCUT2D eigenvalue weighted by molar-refractivity contribution is 5.91. The van der Waals surface area contributed by atoms with E-state index in [0.29, 0.717) is 36.9 Å². The Morgan fingerprint density at radius 3 is 2.56 bits per heavy atom. The number of hydrogen-bond acceptors (Lipinski definition) is 7. The molecular weight excluding hydrogens is 450 g/mol. The Morgan fingerprint density at radius 1 is 0.972 bits per heavy atom. The topological polar surface area (TPSA) is 84.6 Å². The number of ether oxygens (including phenoxy) is 1. The summed E-state index contributed by atoms with van der Waals surface area (Å²) in [7, 11) is 0. The summed E-state index contributed by atoms with van der Waals surface area (Å²) in [5.74, 6) is 1.14. The summed E-state index contributed by atoms with van der Waals surface area (Å²) in [6.07, 6.45) is 4.83. The van der Waals surface area contributed by atoms with E-state index in [0.717, 1.165) is 24.9 Å². The molecule has 0 spiro atoms. The van der Waals surface area contributed by atoms with Crippen molar-refractivity contribution in [1.82, 2.24) is 14.9 Å². The Kier molecular flexibility index (Phi) is 7.47. The summed E-state index contributed by atoms with van der Waals surface area (Å²) >= 11 is 0. The number of unbranched alkanes of at least 4 members (excludes halogenated alkanes) is 1. The van der Waals surface area contributed by atoms with Gasteiger partial charge in [0.05, 0.1) is 13.2 Å². The van der Waals surface area contributed by atoms with Crippen LogP contribution in [0.1, 0.15) is 49.3 Å². The Balaban J connectivity index is 1.32. The van der Waals surface area contributed by atoms with Crippen LogP contribution in [-0.2, 0) is 24.3 Å². The quantitative estimate of drug-likeness (QED) is 0.442. The number of carbonyl (C=O) groups is 1. The minimum atomic E-state index is 0.115. The molecule has 1 aromatic heterocycles. The van der Waals surface area contributed by atoms with E-state index in [1.54, 1.807) is 0 Å². The zero-order valence-electron chi connectivity index (χ0n) is 21.1. The first-order valence-corrected chi connectivity index (χ1v) is 13.1. The van der Waals surface area contributed by atoms with E-state index in [1.807, 2.05) is 4.90 Å². The molecule has 2 aliphatic rings. The summed E-state index contributed by atoms with van der Waals surface area (Å²) in [4.78, 5) is 25.9. The molecule has 0 bridgehead atoms. The van der Waals surface area contributed by atoms with Gasteiger partial charge in [0.15, 0.2) is 5.78 Å². The zero-order chi connectivity index (χ0) is 24.9. The van der Waals surface area contributed by atoms with Crippen LogP contribution in [0.3, 0.4) is 0 Å². The molecule has 5 rings (SSSR count). The largest absolute Gasteiger partial charge is 0.463 e. The SMILES string of the molecule is CCCCOc1nc(N)c2c(n1)N(Cc1ccc(-c3cccc(CN4CCCC4)c3)cc1)CC(=O)C2. The van der Waals surface area contributed by atoms with Crippen LogP contribution in [0.5, 0.6) is 6.01 Å². The molecule has 0 aliphatic carbocycles. The molecule has 188 valence electrons. The molecule has 0 radical (unpaired) electrons. The molecule has 0 unspecified atom stereocenters. The van der Waals surface area contributed by atoms with Gasteiger partial charge in [-0.2, -0.15) is 9.97 Å². The number of rotatable bonds is 9. The van der Waals surface area contributed by atoms with Crippen LogP contribution >= 0.6 is 0 Å². The number of nitrogens with two attached hydrogens (primary N) is 1. The van der Waals surface area contributed by atoms with E-state index in [9.17, 15) is 4.79 Å². The van der Waals surface area contributed by atoms with Crippen molar-refractivity contribution in [3.8, 4) is 17.1 Å². The van der Waals surface area contributed by atoms with Crippen LogP contribution in [0.2, 0.25) is 0 Å². The molecule has 2 aromatic carbocycles. The summed E-state index contributed by atoms with van der Waals surface area (Å²) in [5, 5.41) is 0. The lowest BCUT2D eigenvalue weighted by Crippen LogP contribution is -2.36. The minimum absolute atomic E-state index is 0.115. The number of Topliss-reactive ketones (excluding diaryl/α,β-unsaturated/α-hetero) is 1. The van der Waals surface area contributed by atoms with Crippen LogP contribution < -0.4 is 15.4 Å². The lowest BCUT2D eigenvalue weighted by Gasteiger charge is -2.30. The average molecular weight is 486 g/mol. The maximum absolute atomic E-state index is 12.5. The molecule has 3 aromatic rings. The second-order valence-corrected chi connectivity index (χ2v) is 9.85. The van der Waals surface area contributed by atoms with E-state index in [2.05, 4.69) is 70.3 Å². The van der Waals surface area contributed by atoms with Gasteiger partial charge in [0.25, 0.3) is 0 Å². The average Bonchev–Trinajstić information content (AvgIpc) is 3.39. The van der Waals surface area contributed by atoms with Gasteiger partial charge in [-0.15, -0.1) is 0 Å². The van der Waals surface area contributed by atoms with Gasteiger partial charge in [0, 0.05) is 25.1 Å². The van der Waals surface area contributed by atoms with Crippen molar-refractivity contribution in [2.75, 3.05) is 36.9 Å². The number of benzene rings is 2. The second kappa shape index (κ2) is 11.1. The summed E-state index contributed by atoms with van der Waals surface area (Å²) in [6, 6.07) is 17.7. The Bertz CT molecular complexity index is 1200. The number of ketones is 1. The second-order valence-electron chi connectivity index (χ2n) is 9.85. The molecule has 7 heteroatoms. The fourth-order valence-electron chi connectivity index (χ4n) is 5.01. The van der Waals surface area contributed by atoms with E-state index < -0.39 is 0 Å². The molecule has 0 amide bonds. The first kappa shape index (κ1) is 24.3. The highest BCUT2D eigenvalue weighted by Gasteiger charge is 2.27. The van der Waals surface area contributed by atoms with Gasteiger partial charge in [-0.25, -0.2) is 0 Å². The third kappa shape index (κ3) is 5.68. The van der Waals surface area contributed by atoms with E-state index in [-0.39, 0.29) is 18.2 Å². The van der Waals surface area contributed by atoms with Gasteiger partial charge < -0.3 is 15.4 Å². The predicted molar refractivity (Wildman–Crippen MR) is 143 cm³/mol. The maximum Gasteiger partial charge on any atom is 0.320 e. The summed E-state index contributed by atoms with van der Waals surface area (Å²) in [6.45, 7) is 6.94. The van der Waals surface area contributed by atoms with Gasteiger partial charge in [0.1, 0.15) is 11.6 Å². The predicted octanol–water partition coefficient (Wildman–Crippen LogP) is 4.63. The third-order valence-corrected chi connectivity index (χ3v) is 6.96. The van der Waals surface area contributed by atoms with Crippen molar-refractivity contribution >= 4 is 17.4 Å². The number of aromatic nitrogens is 2. The Morgan fingerprint density at radius 2 is 1.78 bits per heavy atom. The first-order chi connectivity index (χ1) is 17.6. The van der Waals surface area contributed by atoms with E-state index >= 15 is 0 Å². The third-order valence-electron chi connectivity index (χ3n) is 6.96. The van der Waals surface area contributed by atoms with Crippen LogP contribution in [-0.4, -0.2) is 46.9 Å². The smallest absolute Gasteiger partial charge is 0.320 e. The molecule has 36 heavy (non-hydrogen) atoms.